The van der Waals surface area contributed by atoms with Gasteiger partial charge in [0.25, 0.3) is 0 Å². The third kappa shape index (κ3) is 1.64. The van der Waals surface area contributed by atoms with Gasteiger partial charge in [-0.15, -0.1) is 0 Å². The molecule has 0 aliphatic heterocycles. The van der Waals surface area contributed by atoms with E-state index in [2.05, 4.69) is 44.2 Å². The second-order valence-corrected chi connectivity index (χ2v) is 6.47. The van der Waals surface area contributed by atoms with Crippen LogP contribution in [0.15, 0.2) is 54.6 Å². The molecular formula is C19H17BO2. The van der Waals surface area contributed by atoms with E-state index in [1.165, 1.54) is 22.3 Å². The quantitative estimate of drug-likeness (QED) is 0.676. The van der Waals surface area contributed by atoms with Crippen molar-refractivity contribution in [3.63, 3.8) is 0 Å². The second-order valence-electron chi connectivity index (χ2n) is 6.47. The van der Waals surface area contributed by atoms with Gasteiger partial charge in [-0.2, -0.15) is 0 Å². The fraction of sp³-hybridized carbons (Fsp3) is 0.158. The van der Waals surface area contributed by atoms with Crippen LogP contribution < -0.4 is 5.46 Å². The normalized spacial score (nSPS) is 14.7. The molecule has 0 spiro atoms. The van der Waals surface area contributed by atoms with Crippen molar-refractivity contribution in [1.29, 1.82) is 0 Å². The predicted molar refractivity (Wildman–Crippen MR) is 91.3 cm³/mol. The number of hydrogen-bond acceptors (Lipinski definition) is 2. The highest BCUT2D eigenvalue weighted by Gasteiger charge is 2.33. The Morgan fingerprint density at radius 2 is 1.50 bits per heavy atom. The minimum Gasteiger partial charge on any atom is -0.423 e. The zero-order valence-corrected chi connectivity index (χ0v) is 12.7. The zero-order chi connectivity index (χ0) is 15.5. The van der Waals surface area contributed by atoms with Gasteiger partial charge in [-0.1, -0.05) is 68.4 Å². The molecule has 0 saturated heterocycles. The Morgan fingerprint density at radius 1 is 0.773 bits per heavy atom. The molecule has 1 aliphatic carbocycles. The van der Waals surface area contributed by atoms with Gasteiger partial charge in [0.05, 0.1) is 0 Å². The monoisotopic (exact) mass is 288 g/mol. The van der Waals surface area contributed by atoms with Crippen molar-refractivity contribution in [2.24, 2.45) is 0 Å². The molecule has 0 bridgehead atoms. The molecule has 3 aromatic carbocycles. The summed E-state index contributed by atoms with van der Waals surface area (Å²) in [6.07, 6.45) is 0. The van der Waals surface area contributed by atoms with Crippen molar-refractivity contribution in [3.05, 3.63) is 65.7 Å². The van der Waals surface area contributed by atoms with Crippen LogP contribution in [0.25, 0.3) is 21.9 Å². The Hall–Kier alpha value is -2.10. The van der Waals surface area contributed by atoms with Crippen molar-refractivity contribution in [3.8, 4) is 11.1 Å². The van der Waals surface area contributed by atoms with Crippen LogP contribution in [-0.2, 0) is 5.41 Å². The zero-order valence-electron chi connectivity index (χ0n) is 12.7. The van der Waals surface area contributed by atoms with E-state index in [1.807, 2.05) is 24.3 Å². The lowest BCUT2D eigenvalue weighted by atomic mass is 9.66. The maximum atomic E-state index is 9.68. The smallest absolute Gasteiger partial charge is 0.423 e. The maximum Gasteiger partial charge on any atom is 0.489 e. The Kier molecular flexibility index (Phi) is 2.74. The number of rotatable bonds is 1. The summed E-state index contributed by atoms with van der Waals surface area (Å²) in [5.74, 6) is 0. The van der Waals surface area contributed by atoms with E-state index < -0.39 is 7.12 Å². The molecule has 0 amide bonds. The van der Waals surface area contributed by atoms with Gasteiger partial charge in [-0.05, 0) is 38.5 Å². The molecule has 3 heteroatoms. The molecule has 0 heterocycles. The van der Waals surface area contributed by atoms with Crippen molar-refractivity contribution >= 4 is 23.4 Å². The van der Waals surface area contributed by atoms with Gasteiger partial charge < -0.3 is 10.0 Å². The van der Waals surface area contributed by atoms with Crippen LogP contribution in [0, 0.1) is 0 Å². The first-order valence-electron chi connectivity index (χ1n) is 7.54. The highest BCUT2D eigenvalue weighted by molar-refractivity contribution is 6.62. The van der Waals surface area contributed by atoms with Crippen molar-refractivity contribution in [2.45, 2.75) is 19.3 Å². The first-order chi connectivity index (χ1) is 10.5. The van der Waals surface area contributed by atoms with Crippen molar-refractivity contribution in [2.75, 3.05) is 0 Å². The summed E-state index contributed by atoms with van der Waals surface area (Å²) in [5.41, 5.74) is 5.41. The third-order valence-corrected chi connectivity index (χ3v) is 4.92. The predicted octanol–water partition coefficient (Wildman–Crippen LogP) is 2.83. The Bertz CT molecular complexity index is 897. The van der Waals surface area contributed by atoms with Gasteiger partial charge in [0.15, 0.2) is 0 Å². The van der Waals surface area contributed by atoms with Gasteiger partial charge in [0.2, 0.25) is 0 Å². The summed E-state index contributed by atoms with van der Waals surface area (Å²) < 4.78 is 0. The van der Waals surface area contributed by atoms with Gasteiger partial charge in [-0.25, -0.2) is 0 Å². The van der Waals surface area contributed by atoms with E-state index in [4.69, 9.17) is 0 Å². The van der Waals surface area contributed by atoms with E-state index >= 15 is 0 Å². The molecule has 2 nitrogen and oxygen atoms in total. The van der Waals surface area contributed by atoms with Crippen LogP contribution in [0.3, 0.4) is 0 Å². The lowest BCUT2D eigenvalue weighted by Gasteiger charge is -2.35. The highest BCUT2D eigenvalue weighted by Crippen LogP contribution is 2.47. The van der Waals surface area contributed by atoms with E-state index in [1.54, 1.807) is 0 Å². The lowest BCUT2D eigenvalue weighted by molar-refractivity contribution is 0.426. The van der Waals surface area contributed by atoms with E-state index in [9.17, 15) is 10.0 Å². The fourth-order valence-corrected chi connectivity index (χ4v) is 3.81. The first kappa shape index (κ1) is 13.6. The molecule has 0 unspecified atom stereocenters. The molecule has 108 valence electrons. The Balaban J connectivity index is 2.22. The number of hydrogen-bond donors (Lipinski definition) is 2. The van der Waals surface area contributed by atoms with E-state index in [-0.39, 0.29) is 5.41 Å². The van der Waals surface area contributed by atoms with Crippen LogP contribution in [-0.4, -0.2) is 17.2 Å². The van der Waals surface area contributed by atoms with E-state index in [0.717, 1.165) is 10.8 Å². The summed E-state index contributed by atoms with van der Waals surface area (Å²) in [4.78, 5) is 0. The Labute approximate surface area is 130 Å². The highest BCUT2D eigenvalue weighted by atomic mass is 16.4. The lowest BCUT2D eigenvalue weighted by Crippen LogP contribution is -2.32. The summed E-state index contributed by atoms with van der Waals surface area (Å²) in [6.45, 7) is 4.46. The molecule has 2 N–H and O–H groups in total. The van der Waals surface area contributed by atoms with Gasteiger partial charge in [0.1, 0.15) is 0 Å². The van der Waals surface area contributed by atoms with Crippen molar-refractivity contribution < 1.29 is 10.0 Å². The number of fused-ring (bicyclic) bond motifs is 2. The maximum absolute atomic E-state index is 9.68. The standard InChI is InChI=1S/C19H17BO2/c1-19(2)15-8-4-3-6-12(15)13-10-11-17(20(21)22)14-7-5-9-16(19)18(13)14/h3-11,21-22H,1-2H3. The summed E-state index contributed by atoms with van der Waals surface area (Å²) in [5, 5.41) is 21.4. The summed E-state index contributed by atoms with van der Waals surface area (Å²) >= 11 is 0. The molecule has 3 aromatic rings. The largest absolute Gasteiger partial charge is 0.489 e. The van der Waals surface area contributed by atoms with Gasteiger partial charge >= 0.3 is 7.12 Å². The average molecular weight is 288 g/mol. The van der Waals surface area contributed by atoms with Crippen molar-refractivity contribution in [1.82, 2.24) is 0 Å². The molecule has 0 radical (unpaired) electrons. The summed E-state index contributed by atoms with van der Waals surface area (Å²) in [6, 6.07) is 18.4. The second kappa shape index (κ2) is 4.45. The van der Waals surface area contributed by atoms with Gasteiger partial charge in [-0.3, -0.25) is 0 Å². The molecular weight excluding hydrogens is 271 g/mol. The average Bonchev–Trinajstić information content (AvgIpc) is 2.52. The third-order valence-electron chi connectivity index (χ3n) is 4.92. The fourth-order valence-electron chi connectivity index (χ4n) is 3.81. The first-order valence-corrected chi connectivity index (χ1v) is 7.54. The minimum atomic E-state index is -1.45. The van der Waals surface area contributed by atoms with Crippen LogP contribution in [0.1, 0.15) is 25.0 Å². The molecule has 0 atom stereocenters. The van der Waals surface area contributed by atoms with Gasteiger partial charge in [0, 0.05) is 5.41 Å². The molecule has 0 saturated carbocycles. The van der Waals surface area contributed by atoms with Crippen LogP contribution in [0.5, 0.6) is 0 Å². The van der Waals surface area contributed by atoms with Crippen LogP contribution >= 0.6 is 0 Å². The molecule has 0 aromatic heterocycles. The Morgan fingerprint density at radius 3 is 2.27 bits per heavy atom. The van der Waals surface area contributed by atoms with Crippen LogP contribution in [0.2, 0.25) is 0 Å². The molecule has 1 aliphatic rings. The van der Waals surface area contributed by atoms with Crippen LogP contribution in [0.4, 0.5) is 0 Å². The minimum absolute atomic E-state index is 0.109. The molecule has 4 rings (SSSR count). The summed E-state index contributed by atoms with van der Waals surface area (Å²) in [7, 11) is -1.45. The number of benzene rings is 3. The molecule has 0 fully saturated rings. The topological polar surface area (TPSA) is 40.5 Å². The molecule has 22 heavy (non-hydrogen) atoms. The van der Waals surface area contributed by atoms with E-state index in [0.29, 0.717) is 5.46 Å². The SMILES string of the molecule is CC1(C)c2ccccc2-c2ccc(B(O)O)c3cccc1c23.